The number of hydrogen-bond acceptors (Lipinski definition) is 3. The molecule has 3 fully saturated rings. The number of allylic oxidation sites excluding steroid dienone is 3. The van der Waals surface area contributed by atoms with Gasteiger partial charge in [-0.2, -0.15) is 0 Å². The molecular weight excluding hydrogens is 573 g/mol. The maximum absolute atomic E-state index is 10.2. The van der Waals surface area contributed by atoms with Crippen LogP contribution in [0.1, 0.15) is 133 Å². The molecule has 254 valence electrons. The van der Waals surface area contributed by atoms with E-state index in [1.807, 2.05) is 13.8 Å². The third-order valence-electron chi connectivity index (χ3n) is 12.9. The second-order valence-electron chi connectivity index (χ2n) is 19.0. The summed E-state index contributed by atoms with van der Waals surface area (Å²) in [7, 11) is -3.89. The largest absolute Gasteiger partial charge is 0.413 e. The molecule has 0 saturated heterocycles. The van der Waals surface area contributed by atoms with E-state index in [1.165, 1.54) is 49.7 Å². The van der Waals surface area contributed by atoms with Crippen LogP contribution in [0, 0.1) is 23.2 Å². The Morgan fingerprint density at radius 1 is 0.955 bits per heavy atom. The minimum Gasteiger partial charge on any atom is -0.413 e. The van der Waals surface area contributed by atoms with Crippen molar-refractivity contribution in [2.75, 3.05) is 0 Å². The summed E-state index contributed by atoms with van der Waals surface area (Å²) in [5, 5.41) is 10.6. The van der Waals surface area contributed by atoms with Gasteiger partial charge in [0.05, 0.1) is 17.8 Å². The summed E-state index contributed by atoms with van der Waals surface area (Å²) >= 11 is 0. The monoisotopic (exact) mass is 645 g/mol. The molecule has 0 aromatic rings. The van der Waals surface area contributed by atoms with Gasteiger partial charge in [0.25, 0.3) is 0 Å². The second kappa shape index (κ2) is 13.6. The molecule has 44 heavy (non-hydrogen) atoms. The first-order valence-electron chi connectivity index (χ1n) is 18.0. The molecule has 0 aliphatic heterocycles. The highest BCUT2D eigenvalue weighted by Gasteiger charge is 2.50. The lowest BCUT2D eigenvalue weighted by Crippen LogP contribution is -2.49. The zero-order chi connectivity index (χ0) is 33.5. The minimum absolute atomic E-state index is 0.0290. The van der Waals surface area contributed by atoms with Crippen molar-refractivity contribution in [1.29, 1.82) is 0 Å². The lowest BCUT2D eigenvalue weighted by atomic mass is 9.60. The van der Waals surface area contributed by atoms with E-state index in [0.717, 1.165) is 31.6 Å². The summed E-state index contributed by atoms with van der Waals surface area (Å²) < 4.78 is 14.2. The topological polar surface area (TPSA) is 38.7 Å². The molecule has 0 spiro atoms. The van der Waals surface area contributed by atoms with E-state index in [0.29, 0.717) is 17.3 Å². The van der Waals surface area contributed by atoms with Crippen molar-refractivity contribution in [1.82, 2.24) is 0 Å². The summed E-state index contributed by atoms with van der Waals surface area (Å²) in [6, 6.07) is 0. The Labute approximate surface area is 276 Å². The third-order valence-corrected chi connectivity index (χ3v) is 21.9. The summed E-state index contributed by atoms with van der Waals surface area (Å²) in [6.45, 7) is 37.2. The van der Waals surface area contributed by atoms with Gasteiger partial charge in [-0.1, -0.05) is 92.5 Å². The molecule has 0 bridgehead atoms. The Bertz CT molecular complexity index is 1060. The molecule has 0 aromatic heterocycles. The first kappa shape index (κ1) is 38.0. The smallest absolute Gasteiger partial charge is 0.192 e. The molecule has 3 rings (SSSR count). The van der Waals surface area contributed by atoms with Crippen molar-refractivity contribution in [3.05, 3.63) is 35.5 Å². The Kier molecular flexibility index (Phi) is 11.7. The molecule has 3 aliphatic rings. The van der Waals surface area contributed by atoms with Crippen LogP contribution in [0.15, 0.2) is 35.5 Å². The van der Waals surface area contributed by atoms with Crippen molar-refractivity contribution in [2.45, 2.75) is 188 Å². The van der Waals surface area contributed by atoms with Crippen molar-refractivity contribution in [3.8, 4) is 0 Å². The molecular formula is C39H72O3Si2. The van der Waals surface area contributed by atoms with Crippen molar-refractivity contribution < 1.29 is 14.0 Å². The number of aliphatic hydroxyl groups is 1. The molecule has 0 aromatic carbocycles. The van der Waals surface area contributed by atoms with E-state index >= 15 is 0 Å². The van der Waals surface area contributed by atoms with Gasteiger partial charge in [0.1, 0.15) is 0 Å². The predicted octanol–water partition coefficient (Wildman–Crippen LogP) is 11.8. The van der Waals surface area contributed by atoms with Gasteiger partial charge in [-0.3, -0.25) is 0 Å². The zero-order valence-electron chi connectivity index (χ0n) is 31.6. The van der Waals surface area contributed by atoms with Crippen molar-refractivity contribution in [2.24, 2.45) is 23.2 Å². The molecule has 6 atom stereocenters. The maximum atomic E-state index is 10.2. The van der Waals surface area contributed by atoms with E-state index in [2.05, 4.69) is 100 Å². The number of fused-ring (bicyclic) bond motifs is 1. The fourth-order valence-electron chi connectivity index (χ4n) is 8.04. The molecule has 3 nitrogen and oxygen atoms in total. The molecule has 0 amide bonds. The maximum Gasteiger partial charge on any atom is 0.192 e. The third kappa shape index (κ3) is 8.91. The highest BCUT2D eigenvalue weighted by atomic mass is 28.4. The van der Waals surface area contributed by atoms with E-state index < -0.39 is 22.2 Å². The van der Waals surface area contributed by atoms with Crippen molar-refractivity contribution in [3.63, 3.8) is 0 Å². The summed E-state index contributed by atoms with van der Waals surface area (Å²) in [4.78, 5) is 0. The molecule has 3 aliphatic carbocycles. The molecule has 0 heterocycles. The van der Waals surface area contributed by atoms with E-state index in [4.69, 9.17) is 8.85 Å². The first-order valence-corrected chi connectivity index (χ1v) is 23.9. The average molecular weight is 645 g/mol. The quantitative estimate of drug-likeness (QED) is 0.240. The SMILES string of the molecule is C=C1/C(=C/C=C2\CCC[C@]3(C)[C@@H]([C@H](C)CCCC(C)(C)O)CC[C@@H]23)C[C@@H](O[Si](C)(C)C(C)(C)C)C[C@@H]1O[Si](C)(C)C(C)(C)C. The van der Waals surface area contributed by atoms with Gasteiger partial charge in [-0.25, -0.2) is 0 Å². The lowest BCUT2D eigenvalue weighted by Gasteiger charge is -2.46. The van der Waals surface area contributed by atoms with Gasteiger partial charge in [-0.05, 0) is 129 Å². The Balaban J connectivity index is 1.86. The van der Waals surface area contributed by atoms with Crippen LogP contribution in [0.25, 0.3) is 0 Å². The normalized spacial score (nSPS) is 31.9. The van der Waals surface area contributed by atoms with Gasteiger partial charge in [0.15, 0.2) is 16.6 Å². The summed E-state index contributed by atoms with van der Waals surface area (Å²) in [5.41, 5.74) is 4.04. The van der Waals surface area contributed by atoms with E-state index in [1.54, 1.807) is 5.57 Å². The van der Waals surface area contributed by atoms with Gasteiger partial charge >= 0.3 is 0 Å². The van der Waals surface area contributed by atoms with Crippen LogP contribution < -0.4 is 0 Å². The van der Waals surface area contributed by atoms with Crippen molar-refractivity contribution >= 4 is 16.6 Å². The average Bonchev–Trinajstić information content (AvgIpc) is 3.20. The van der Waals surface area contributed by atoms with Crippen LogP contribution in [0.3, 0.4) is 0 Å². The van der Waals surface area contributed by atoms with E-state index in [-0.39, 0.29) is 22.3 Å². The van der Waals surface area contributed by atoms with Crippen LogP contribution >= 0.6 is 0 Å². The molecule has 0 unspecified atom stereocenters. The predicted molar refractivity (Wildman–Crippen MR) is 196 cm³/mol. The molecule has 3 saturated carbocycles. The first-order chi connectivity index (χ1) is 19.9. The number of rotatable bonds is 10. The van der Waals surface area contributed by atoms with Crippen LogP contribution in [-0.2, 0) is 8.85 Å². The van der Waals surface area contributed by atoms with Gasteiger partial charge in [-0.15, -0.1) is 0 Å². The lowest BCUT2D eigenvalue weighted by molar-refractivity contribution is 0.0596. The fourth-order valence-corrected chi connectivity index (χ4v) is 10.7. The summed E-state index contributed by atoms with van der Waals surface area (Å²) in [6.07, 6.45) is 16.8. The highest BCUT2D eigenvalue weighted by Crippen LogP contribution is 2.60. The minimum atomic E-state index is -1.97. The standard InChI is InChI=1S/C39H72O3Si2/c1-28(18-16-24-38(9,10)40)33-22-23-34-30(19-17-25-39(33,34)11)20-21-31-26-32(41-43(12,13)36(3,4)5)27-35(29(31)2)42-44(14,15)37(6,7)8/h20-21,28,32-35,40H,2,16-19,22-27H2,1,3-15H3/b30-20+,31-21+/t28-,32-,33-,34+,35+,39-/m1/s1. The highest BCUT2D eigenvalue weighted by molar-refractivity contribution is 6.74. The van der Waals surface area contributed by atoms with Crippen LogP contribution in [0.5, 0.6) is 0 Å². The zero-order valence-corrected chi connectivity index (χ0v) is 33.6. The van der Waals surface area contributed by atoms with Gasteiger partial charge < -0.3 is 14.0 Å². The van der Waals surface area contributed by atoms with Gasteiger partial charge in [0, 0.05) is 6.42 Å². The molecule has 5 heteroatoms. The summed E-state index contributed by atoms with van der Waals surface area (Å²) in [5.74, 6) is 2.18. The van der Waals surface area contributed by atoms with Crippen LogP contribution in [-0.4, -0.2) is 39.6 Å². The molecule has 1 N–H and O–H groups in total. The Morgan fingerprint density at radius 2 is 1.55 bits per heavy atom. The fraction of sp³-hybridized carbons (Fsp3) is 0.846. The molecule has 0 radical (unpaired) electrons. The van der Waals surface area contributed by atoms with Crippen LogP contribution in [0.4, 0.5) is 0 Å². The second-order valence-corrected chi connectivity index (χ2v) is 28.6. The van der Waals surface area contributed by atoms with Gasteiger partial charge in [0.2, 0.25) is 0 Å². The number of hydrogen-bond donors (Lipinski definition) is 1. The Morgan fingerprint density at radius 3 is 2.11 bits per heavy atom. The van der Waals surface area contributed by atoms with E-state index in [9.17, 15) is 5.11 Å². The Hall–Kier alpha value is -0.466. The van der Waals surface area contributed by atoms with Crippen LogP contribution in [0.2, 0.25) is 36.3 Å².